The highest BCUT2D eigenvalue weighted by atomic mass is 16.5. The number of hydrogen-bond acceptors (Lipinski definition) is 3. The quantitative estimate of drug-likeness (QED) is 0.836. The van der Waals surface area contributed by atoms with E-state index in [0.29, 0.717) is 11.7 Å². The fraction of sp³-hybridized carbons (Fsp3) is 0.467. The first-order chi connectivity index (χ1) is 9.31. The van der Waals surface area contributed by atoms with Crippen LogP contribution < -0.4 is 10.1 Å². The fourth-order valence-corrected chi connectivity index (χ4v) is 1.88. The van der Waals surface area contributed by atoms with Crippen LogP contribution in [-0.4, -0.2) is 29.6 Å². The highest BCUT2D eigenvalue weighted by Crippen LogP contribution is 2.23. The fourth-order valence-electron chi connectivity index (χ4n) is 1.88. The molecule has 20 heavy (non-hydrogen) atoms. The Labute approximate surface area is 118 Å². The van der Waals surface area contributed by atoms with Gasteiger partial charge < -0.3 is 15.2 Å². The Hall–Kier alpha value is -2.04. The third kappa shape index (κ3) is 4.57. The number of aryl methyl sites for hydroxylation is 1. The van der Waals surface area contributed by atoms with Crippen LogP contribution in [0.5, 0.6) is 5.75 Å². The van der Waals surface area contributed by atoms with Crippen molar-refractivity contribution in [2.45, 2.75) is 39.7 Å². The number of benzene rings is 1. The number of ether oxygens (including phenoxy) is 1. The second-order valence-electron chi connectivity index (χ2n) is 5.09. The molecule has 2 N–H and O–H groups in total. The number of nitrogens with one attached hydrogen (secondary N) is 1. The number of carboxylic acids is 1. The lowest BCUT2D eigenvalue weighted by molar-refractivity contribution is -0.141. The van der Waals surface area contributed by atoms with E-state index in [-0.39, 0.29) is 6.61 Å². The molecule has 1 rings (SSSR count). The molecule has 1 aromatic rings. The van der Waals surface area contributed by atoms with Crippen molar-refractivity contribution < 1.29 is 19.4 Å². The standard InChI is InChI=1S/C15H21NO4/c1-9(2)13-6-5-12(7-10(13)3)20-8-14(17)16-11(4)15(18)19/h5-7,9,11H,8H2,1-4H3,(H,16,17)(H,18,19). The van der Waals surface area contributed by atoms with Gasteiger partial charge in [-0.05, 0) is 43.0 Å². The molecule has 0 heterocycles. The van der Waals surface area contributed by atoms with E-state index in [4.69, 9.17) is 9.84 Å². The van der Waals surface area contributed by atoms with Crippen molar-refractivity contribution >= 4 is 11.9 Å². The van der Waals surface area contributed by atoms with Gasteiger partial charge in [0.2, 0.25) is 0 Å². The second kappa shape index (κ2) is 6.93. The maximum absolute atomic E-state index is 11.5. The van der Waals surface area contributed by atoms with Crippen LogP contribution in [0.25, 0.3) is 0 Å². The van der Waals surface area contributed by atoms with Crippen molar-refractivity contribution in [3.05, 3.63) is 29.3 Å². The predicted molar refractivity (Wildman–Crippen MR) is 76.0 cm³/mol. The van der Waals surface area contributed by atoms with Crippen LogP contribution in [0.15, 0.2) is 18.2 Å². The van der Waals surface area contributed by atoms with E-state index in [1.54, 1.807) is 0 Å². The summed E-state index contributed by atoms with van der Waals surface area (Å²) in [4.78, 5) is 22.1. The number of carbonyl (C=O) groups is 2. The maximum atomic E-state index is 11.5. The van der Waals surface area contributed by atoms with E-state index >= 15 is 0 Å². The van der Waals surface area contributed by atoms with Crippen LogP contribution in [0.2, 0.25) is 0 Å². The largest absolute Gasteiger partial charge is 0.484 e. The molecule has 0 aliphatic heterocycles. The number of amides is 1. The molecule has 0 radical (unpaired) electrons. The van der Waals surface area contributed by atoms with Crippen molar-refractivity contribution in [3.63, 3.8) is 0 Å². The molecule has 5 nitrogen and oxygen atoms in total. The van der Waals surface area contributed by atoms with Crippen LogP contribution in [0.1, 0.15) is 37.8 Å². The average molecular weight is 279 g/mol. The molecule has 0 bridgehead atoms. The van der Waals surface area contributed by atoms with E-state index in [2.05, 4.69) is 19.2 Å². The van der Waals surface area contributed by atoms with Crippen molar-refractivity contribution in [2.24, 2.45) is 0 Å². The third-order valence-corrected chi connectivity index (χ3v) is 2.98. The Kier molecular flexibility index (Phi) is 5.55. The molecule has 0 saturated heterocycles. The summed E-state index contributed by atoms with van der Waals surface area (Å²) in [5.41, 5.74) is 2.35. The number of carbonyl (C=O) groups excluding carboxylic acids is 1. The second-order valence-corrected chi connectivity index (χ2v) is 5.09. The minimum Gasteiger partial charge on any atom is -0.484 e. The van der Waals surface area contributed by atoms with Gasteiger partial charge in [0.25, 0.3) is 5.91 Å². The van der Waals surface area contributed by atoms with E-state index in [1.807, 2.05) is 25.1 Å². The first kappa shape index (κ1) is 16.0. The van der Waals surface area contributed by atoms with Crippen molar-refractivity contribution in [2.75, 3.05) is 6.61 Å². The van der Waals surface area contributed by atoms with Gasteiger partial charge >= 0.3 is 5.97 Å². The first-order valence-corrected chi connectivity index (χ1v) is 6.56. The number of aliphatic carboxylic acids is 1. The summed E-state index contributed by atoms with van der Waals surface area (Å²) in [6, 6.07) is 4.75. The molecule has 1 atom stereocenters. The lowest BCUT2D eigenvalue weighted by atomic mass is 9.98. The van der Waals surface area contributed by atoms with Gasteiger partial charge in [-0.25, -0.2) is 0 Å². The average Bonchev–Trinajstić information content (AvgIpc) is 2.35. The normalized spacial score (nSPS) is 12.1. The monoisotopic (exact) mass is 279 g/mol. The smallest absolute Gasteiger partial charge is 0.325 e. The zero-order valence-electron chi connectivity index (χ0n) is 12.3. The molecule has 0 spiro atoms. The van der Waals surface area contributed by atoms with Gasteiger partial charge in [-0.15, -0.1) is 0 Å². The van der Waals surface area contributed by atoms with Crippen LogP contribution in [-0.2, 0) is 9.59 Å². The molecule has 0 aliphatic carbocycles. The van der Waals surface area contributed by atoms with Gasteiger partial charge in [-0.1, -0.05) is 19.9 Å². The van der Waals surface area contributed by atoms with Gasteiger partial charge in [0.1, 0.15) is 11.8 Å². The molecule has 0 aromatic heterocycles. The highest BCUT2D eigenvalue weighted by Gasteiger charge is 2.14. The van der Waals surface area contributed by atoms with E-state index in [9.17, 15) is 9.59 Å². The summed E-state index contributed by atoms with van der Waals surface area (Å²) in [7, 11) is 0. The number of carboxylic acid groups (broad SMARTS) is 1. The molecule has 1 aromatic carbocycles. The molecule has 110 valence electrons. The summed E-state index contributed by atoms with van der Waals surface area (Å²) in [5.74, 6) is -0.491. The Bertz CT molecular complexity index is 497. The Morgan fingerprint density at radius 2 is 1.95 bits per heavy atom. The highest BCUT2D eigenvalue weighted by molar-refractivity contribution is 5.84. The van der Waals surface area contributed by atoms with Gasteiger partial charge in [0.05, 0.1) is 0 Å². The summed E-state index contributed by atoms with van der Waals surface area (Å²) in [6.07, 6.45) is 0. The Morgan fingerprint density at radius 1 is 1.30 bits per heavy atom. The Balaban J connectivity index is 2.56. The molecule has 1 amide bonds. The minimum atomic E-state index is -1.07. The molecule has 5 heteroatoms. The minimum absolute atomic E-state index is 0.196. The zero-order valence-corrected chi connectivity index (χ0v) is 12.3. The van der Waals surface area contributed by atoms with Crippen LogP contribution >= 0.6 is 0 Å². The van der Waals surface area contributed by atoms with Crippen molar-refractivity contribution in [3.8, 4) is 5.75 Å². The Morgan fingerprint density at radius 3 is 2.45 bits per heavy atom. The van der Waals surface area contributed by atoms with Crippen molar-refractivity contribution in [1.82, 2.24) is 5.32 Å². The SMILES string of the molecule is Cc1cc(OCC(=O)NC(C)C(=O)O)ccc1C(C)C. The van der Waals surface area contributed by atoms with E-state index in [1.165, 1.54) is 12.5 Å². The molecule has 0 saturated carbocycles. The molecular weight excluding hydrogens is 258 g/mol. The first-order valence-electron chi connectivity index (χ1n) is 6.56. The zero-order chi connectivity index (χ0) is 15.3. The van der Waals surface area contributed by atoms with E-state index < -0.39 is 17.9 Å². The maximum Gasteiger partial charge on any atom is 0.325 e. The summed E-state index contributed by atoms with van der Waals surface area (Å²) < 4.78 is 5.36. The predicted octanol–water partition coefficient (Wildman–Crippen LogP) is 2.09. The van der Waals surface area contributed by atoms with Crippen LogP contribution in [0, 0.1) is 6.92 Å². The summed E-state index contributed by atoms with van der Waals surface area (Å²) >= 11 is 0. The van der Waals surface area contributed by atoms with Crippen LogP contribution in [0.4, 0.5) is 0 Å². The summed E-state index contributed by atoms with van der Waals surface area (Å²) in [5, 5.41) is 11.0. The lowest BCUT2D eigenvalue weighted by Crippen LogP contribution is -2.40. The third-order valence-electron chi connectivity index (χ3n) is 2.98. The van der Waals surface area contributed by atoms with Crippen LogP contribution in [0.3, 0.4) is 0 Å². The topological polar surface area (TPSA) is 75.6 Å². The van der Waals surface area contributed by atoms with Gasteiger partial charge in [0.15, 0.2) is 6.61 Å². The van der Waals surface area contributed by atoms with Gasteiger partial charge in [-0.3, -0.25) is 9.59 Å². The van der Waals surface area contributed by atoms with Crippen molar-refractivity contribution in [1.29, 1.82) is 0 Å². The van der Waals surface area contributed by atoms with Gasteiger partial charge in [-0.2, -0.15) is 0 Å². The molecule has 0 aliphatic rings. The summed E-state index contributed by atoms with van der Waals surface area (Å²) in [6.45, 7) is 7.43. The lowest BCUT2D eigenvalue weighted by Gasteiger charge is -2.13. The molecular formula is C15H21NO4. The number of rotatable bonds is 6. The van der Waals surface area contributed by atoms with E-state index in [0.717, 1.165) is 5.56 Å². The molecule has 0 fully saturated rings. The number of hydrogen-bond donors (Lipinski definition) is 2. The molecule has 1 unspecified atom stereocenters. The van der Waals surface area contributed by atoms with Gasteiger partial charge in [0, 0.05) is 0 Å².